The maximum absolute atomic E-state index is 11.4. The van der Waals surface area contributed by atoms with Gasteiger partial charge in [0.25, 0.3) is 0 Å². The van der Waals surface area contributed by atoms with Gasteiger partial charge in [0.05, 0.1) is 0 Å². The van der Waals surface area contributed by atoms with Gasteiger partial charge in [0.1, 0.15) is 0 Å². The molecule has 1 atom stereocenters. The van der Waals surface area contributed by atoms with Gasteiger partial charge >= 0.3 is 5.97 Å². The van der Waals surface area contributed by atoms with Crippen LogP contribution in [0.5, 0.6) is 0 Å². The van der Waals surface area contributed by atoms with E-state index in [1.54, 1.807) is 11.3 Å². The van der Waals surface area contributed by atoms with Crippen molar-refractivity contribution in [3.05, 3.63) is 22.4 Å². The van der Waals surface area contributed by atoms with Crippen LogP contribution in [0.2, 0.25) is 0 Å². The number of aliphatic carboxylic acids is 1. The van der Waals surface area contributed by atoms with Crippen molar-refractivity contribution in [2.75, 3.05) is 0 Å². The zero-order valence-electron chi connectivity index (χ0n) is 9.44. The summed E-state index contributed by atoms with van der Waals surface area (Å²) in [6.07, 6.45) is 2.59. The van der Waals surface area contributed by atoms with Crippen LogP contribution in [0.1, 0.15) is 30.6 Å². The number of amides is 1. The van der Waals surface area contributed by atoms with Crippen LogP contribution < -0.4 is 5.32 Å². The highest BCUT2D eigenvalue weighted by Crippen LogP contribution is 2.30. The molecule has 0 bridgehead atoms. The topological polar surface area (TPSA) is 66.4 Å². The Bertz CT molecular complexity index is 415. The Morgan fingerprint density at radius 2 is 2.41 bits per heavy atom. The minimum atomic E-state index is -0.809. The van der Waals surface area contributed by atoms with Crippen LogP contribution in [0, 0.1) is 0 Å². The predicted octanol–water partition coefficient (Wildman–Crippen LogP) is 1.80. The summed E-state index contributed by atoms with van der Waals surface area (Å²) in [6, 6.07) is 4.00. The Labute approximate surface area is 104 Å². The molecule has 1 saturated heterocycles. The molecule has 0 aliphatic carbocycles. The van der Waals surface area contributed by atoms with Crippen LogP contribution in [0.3, 0.4) is 0 Å². The molecular weight excluding hydrogens is 238 g/mol. The lowest BCUT2D eigenvalue weighted by Crippen LogP contribution is -2.43. The van der Waals surface area contributed by atoms with E-state index >= 15 is 0 Å². The van der Waals surface area contributed by atoms with E-state index in [-0.39, 0.29) is 17.9 Å². The van der Waals surface area contributed by atoms with Gasteiger partial charge in [-0.25, -0.2) is 0 Å². The highest BCUT2D eigenvalue weighted by Gasteiger charge is 2.38. The van der Waals surface area contributed by atoms with E-state index in [1.165, 1.54) is 4.88 Å². The molecule has 0 aromatic carbocycles. The third kappa shape index (κ3) is 3.06. The van der Waals surface area contributed by atoms with E-state index in [0.717, 1.165) is 12.8 Å². The quantitative estimate of drug-likeness (QED) is 0.841. The van der Waals surface area contributed by atoms with E-state index in [1.807, 2.05) is 17.5 Å². The highest BCUT2D eigenvalue weighted by molar-refractivity contribution is 7.09. The molecule has 1 aromatic rings. The van der Waals surface area contributed by atoms with Crippen molar-refractivity contribution in [1.82, 2.24) is 5.32 Å². The number of rotatable bonds is 5. The first kappa shape index (κ1) is 12.1. The van der Waals surface area contributed by atoms with Gasteiger partial charge in [-0.15, -0.1) is 11.3 Å². The molecule has 0 unspecified atom stereocenters. The summed E-state index contributed by atoms with van der Waals surface area (Å²) in [6.45, 7) is 0. The number of nitrogens with one attached hydrogen (secondary N) is 1. The average Bonchev–Trinajstić information content (AvgIpc) is 2.87. The minimum Gasteiger partial charge on any atom is -0.481 e. The van der Waals surface area contributed by atoms with Crippen molar-refractivity contribution in [1.29, 1.82) is 0 Å². The maximum atomic E-state index is 11.4. The first-order valence-electron chi connectivity index (χ1n) is 5.65. The second kappa shape index (κ2) is 4.87. The number of carbonyl (C=O) groups is 2. The van der Waals surface area contributed by atoms with E-state index in [4.69, 9.17) is 5.11 Å². The van der Waals surface area contributed by atoms with Crippen molar-refractivity contribution in [2.45, 2.75) is 37.6 Å². The summed E-state index contributed by atoms with van der Waals surface area (Å²) < 4.78 is 0. The summed E-state index contributed by atoms with van der Waals surface area (Å²) in [7, 11) is 0. The van der Waals surface area contributed by atoms with Gasteiger partial charge in [0.15, 0.2) is 0 Å². The fourth-order valence-electron chi connectivity index (χ4n) is 2.27. The van der Waals surface area contributed by atoms with Crippen molar-refractivity contribution >= 4 is 23.2 Å². The van der Waals surface area contributed by atoms with Crippen LogP contribution in [0.15, 0.2) is 17.5 Å². The Balaban J connectivity index is 2.07. The van der Waals surface area contributed by atoms with E-state index in [2.05, 4.69) is 5.32 Å². The lowest BCUT2D eigenvalue weighted by atomic mass is 9.87. The molecule has 1 amide bonds. The number of carboxylic acid groups (broad SMARTS) is 1. The van der Waals surface area contributed by atoms with Crippen LogP contribution in [0.4, 0.5) is 0 Å². The molecular formula is C12H15NO3S. The SMILES string of the molecule is O=C(O)CC[C@@]1(Cc2cccs2)CCC(=O)N1. The summed E-state index contributed by atoms with van der Waals surface area (Å²) >= 11 is 1.65. The van der Waals surface area contributed by atoms with Gasteiger partial charge in [0.2, 0.25) is 5.91 Å². The van der Waals surface area contributed by atoms with Crippen LogP contribution in [-0.4, -0.2) is 22.5 Å². The Hall–Kier alpha value is -1.36. The fourth-order valence-corrected chi connectivity index (χ4v) is 3.12. The minimum absolute atomic E-state index is 0.0342. The summed E-state index contributed by atoms with van der Waals surface area (Å²) in [4.78, 5) is 23.2. The van der Waals surface area contributed by atoms with Gasteiger partial charge in [-0.1, -0.05) is 6.07 Å². The maximum Gasteiger partial charge on any atom is 0.303 e. The number of thiophene rings is 1. The Kier molecular flexibility index (Phi) is 3.47. The van der Waals surface area contributed by atoms with Crippen LogP contribution in [-0.2, 0) is 16.0 Å². The monoisotopic (exact) mass is 253 g/mol. The molecule has 0 spiro atoms. The molecule has 1 fully saturated rings. The standard InChI is InChI=1S/C12H15NO3S/c14-10-3-5-12(13-10,6-4-11(15)16)8-9-2-1-7-17-9/h1-2,7H,3-6,8H2,(H,13,14)(H,15,16)/t12-/m1/s1. The van der Waals surface area contributed by atoms with E-state index < -0.39 is 5.97 Å². The molecule has 1 aliphatic heterocycles. The van der Waals surface area contributed by atoms with Crippen molar-refractivity contribution in [2.24, 2.45) is 0 Å². The third-order valence-electron chi connectivity index (χ3n) is 3.15. The zero-order valence-corrected chi connectivity index (χ0v) is 10.3. The predicted molar refractivity (Wildman–Crippen MR) is 65.0 cm³/mol. The molecule has 2 rings (SSSR count). The lowest BCUT2D eigenvalue weighted by Gasteiger charge is -2.28. The average molecular weight is 253 g/mol. The largest absolute Gasteiger partial charge is 0.481 e. The first-order valence-corrected chi connectivity index (χ1v) is 6.53. The molecule has 1 aliphatic rings. The zero-order chi connectivity index (χ0) is 12.3. The number of carboxylic acids is 1. The van der Waals surface area contributed by atoms with Crippen molar-refractivity contribution in [3.63, 3.8) is 0 Å². The third-order valence-corrected chi connectivity index (χ3v) is 4.02. The Morgan fingerprint density at radius 1 is 1.59 bits per heavy atom. The highest BCUT2D eigenvalue weighted by atomic mass is 32.1. The normalized spacial score (nSPS) is 23.6. The molecule has 0 radical (unpaired) electrons. The molecule has 17 heavy (non-hydrogen) atoms. The second-order valence-electron chi connectivity index (χ2n) is 4.48. The van der Waals surface area contributed by atoms with E-state index in [9.17, 15) is 9.59 Å². The van der Waals surface area contributed by atoms with Gasteiger partial charge in [-0.2, -0.15) is 0 Å². The van der Waals surface area contributed by atoms with Crippen LogP contribution in [0.25, 0.3) is 0 Å². The molecule has 0 saturated carbocycles. The molecule has 2 N–H and O–H groups in total. The lowest BCUT2D eigenvalue weighted by molar-refractivity contribution is -0.137. The number of carbonyl (C=O) groups excluding carboxylic acids is 1. The molecule has 4 nitrogen and oxygen atoms in total. The second-order valence-corrected chi connectivity index (χ2v) is 5.51. The Morgan fingerprint density at radius 3 is 2.94 bits per heavy atom. The van der Waals surface area contributed by atoms with Gasteiger partial charge in [-0.3, -0.25) is 9.59 Å². The summed E-state index contributed by atoms with van der Waals surface area (Å²) in [5, 5.41) is 13.7. The molecule has 1 aromatic heterocycles. The summed E-state index contributed by atoms with van der Waals surface area (Å²) in [5.74, 6) is -0.774. The number of hydrogen-bond donors (Lipinski definition) is 2. The van der Waals surface area contributed by atoms with Crippen molar-refractivity contribution in [3.8, 4) is 0 Å². The fraction of sp³-hybridized carbons (Fsp3) is 0.500. The van der Waals surface area contributed by atoms with Crippen LogP contribution >= 0.6 is 11.3 Å². The van der Waals surface area contributed by atoms with Gasteiger partial charge in [-0.05, 0) is 24.3 Å². The van der Waals surface area contributed by atoms with Gasteiger partial charge in [0, 0.05) is 29.7 Å². The van der Waals surface area contributed by atoms with E-state index in [0.29, 0.717) is 12.8 Å². The number of hydrogen-bond acceptors (Lipinski definition) is 3. The van der Waals surface area contributed by atoms with Gasteiger partial charge < -0.3 is 10.4 Å². The van der Waals surface area contributed by atoms with Crippen molar-refractivity contribution < 1.29 is 14.7 Å². The smallest absolute Gasteiger partial charge is 0.303 e. The summed E-state index contributed by atoms with van der Waals surface area (Å²) in [5.41, 5.74) is -0.347. The first-order chi connectivity index (χ1) is 8.10. The molecule has 2 heterocycles. The molecule has 5 heteroatoms. The molecule has 92 valence electrons.